The second-order valence-corrected chi connectivity index (χ2v) is 6.41. The first-order chi connectivity index (χ1) is 12.4. The SMILES string of the molecule is CCOC(=O)[C@@H](CCCCNC(C)=O)CC(=O)CCc1ccc(N)cc1. The van der Waals surface area contributed by atoms with Crippen molar-refractivity contribution in [3.63, 3.8) is 0 Å². The Hall–Kier alpha value is -2.37. The lowest BCUT2D eigenvalue weighted by atomic mass is 9.94. The van der Waals surface area contributed by atoms with E-state index in [9.17, 15) is 14.4 Å². The van der Waals surface area contributed by atoms with Crippen LogP contribution < -0.4 is 11.1 Å². The Bertz CT molecular complexity index is 584. The minimum Gasteiger partial charge on any atom is -0.466 e. The summed E-state index contributed by atoms with van der Waals surface area (Å²) < 4.78 is 5.10. The van der Waals surface area contributed by atoms with Crippen LogP contribution in [0.15, 0.2) is 24.3 Å². The molecule has 0 aliphatic carbocycles. The molecule has 26 heavy (non-hydrogen) atoms. The second kappa shape index (κ2) is 12.1. The number of ether oxygens (including phenoxy) is 1. The molecular formula is C20H30N2O4. The molecule has 144 valence electrons. The number of nitrogens with one attached hydrogen (secondary N) is 1. The van der Waals surface area contributed by atoms with Gasteiger partial charge in [-0.2, -0.15) is 0 Å². The molecule has 3 N–H and O–H groups in total. The Morgan fingerprint density at radius 3 is 2.46 bits per heavy atom. The van der Waals surface area contributed by atoms with Crippen molar-refractivity contribution in [1.29, 1.82) is 0 Å². The van der Waals surface area contributed by atoms with Crippen LogP contribution in [0.4, 0.5) is 5.69 Å². The summed E-state index contributed by atoms with van der Waals surface area (Å²) in [6, 6.07) is 7.45. The summed E-state index contributed by atoms with van der Waals surface area (Å²) >= 11 is 0. The molecular weight excluding hydrogens is 332 g/mol. The number of benzene rings is 1. The highest BCUT2D eigenvalue weighted by Crippen LogP contribution is 2.17. The molecule has 1 atom stereocenters. The fourth-order valence-corrected chi connectivity index (χ4v) is 2.69. The standard InChI is InChI=1S/C20H30N2O4/c1-3-26-20(25)17(6-4-5-13-22-15(2)23)14-19(24)12-9-16-7-10-18(21)11-8-16/h7-8,10-11,17H,3-6,9,12-14,21H2,1-2H3,(H,22,23)/t17-/m0/s1. The van der Waals surface area contributed by atoms with Crippen LogP contribution in [0, 0.1) is 5.92 Å². The van der Waals surface area contributed by atoms with E-state index in [4.69, 9.17) is 10.5 Å². The summed E-state index contributed by atoms with van der Waals surface area (Å²) in [4.78, 5) is 35.2. The number of unbranched alkanes of at least 4 members (excludes halogenated alkanes) is 1. The van der Waals surface area contributed by atoms with E-state index in [0.29, 0.717) is 38.1 Å². The van der Waals surface area contributed by atoms with E-state index in [1.165, 1.54) is 6.92 Å². The fraction of sp³-hybridized carbons (Fsp3) is 0.550. The van der Waals surface area contributed by atoms with Gasteiger partial charge >= 0.3 is 5.97 Å². The minimum atomic E-state index is -0.411. The lowest BCUT2D eigenvalue weighted by Crippen LogP contribution is -2.23. The van der Waals surface area contributed by atoms with E-state index >= 15 is 0 Å². The number of ketones is 1. The van der Waals surface area contributed by atoms with Crippen molar-refractivity contribution in [1.82, 2.24) is 5.32 Å². The van der Waals surface area contributed by atoms with E-state index in [2.05, 4.69) is 5.32 Å². The van der Waals surface area contributed by atoms with Crippen LogP contribution in [-0.4, -0.2) is 30.8 Å². The molecule has 1 rings (SSSR count). The summed E-state index contributed by atoms with van der Waals surface area (Å²) in [5, 5.41) is 2.73. The summed E-state index contributed by atoms with van der Waals surface area (Å²) in [6.07, 6.45) is 3.35. The van der Waals surface area contributed by atoms with Gasteiger partial charge < -0.3 is 15.8 Å². The zero-order valence-electron chi connectivity index (χ0n) is 15.8. The highest BCUT2D eigenvalue weighted by atomic mass is 16.5. The Labute approximate surface area is 155 Å². The summed E-state index contributed by atoms with van der Waals surface area (Å²) in [6.45, 7) is 4.12. The molecule has 1 amide bonds. The maximum Gasteiger partial charge on any atom is 0.309 e. The molecule has 0 unspecified atom stereocenters. The number of hydrogen-bond donors (Lipinski definition) is 2. The van der Waals surface area contributed by atoms with Gasteiger partial charge in [0.1, 0.15) is 5.78 Å². The lowest BCUT2D eigenvalue weighted by Gasteiger charge is -2.15. The first kappa shape index (κ1) is 21.7. The third kappa shape index (κ3) is 9.20. The number of aryl methyl sites for hydroxylation is 1. The van der Waals surface area contributed by atoms with Crippen molar-refractivity contribution < 1.29 is 19.1 Å². The Morgan fingerprint density at radius 1 is 1.15 bits per heavy atom. The molecule has 0 aliphatic rings. The first-order valence-electron chi connectivity index (χ1n) is 9.19. The van der Waals surface area contributed by atoms with Gasteiger partial charge in [0.05, 0.1) is 12.5 Å². The highest BCUT2D eigenvalue weighted by Gasteiger charge is 2.22. The number of carbonyl (C=O) groups excluding carboxylic acids is 3. The van der Waals surface area contributed by atoms with Crippen LogP contribution in [0.5, 0.6) is 0 Å². The van der Waals surface area contributed by atoms with Gasteiger partial charge in [-0.25, -0.2) is 0 Å². The van der Waals surface area contributed by atoms with Crippen molar-refractivity contribution in [3.8, 4) is 0 Å². The molecule has 0 saturated carbocycles. The van der Waals surface area contributed by atoms with Gasteiger partial charge in [-0.05, 0) is 43.9 Å². The molecule has 0 aliphatic heterocycles. The Morgan fingerprint density at radius 2 is 1.85 bits per heavy atom. The van der Waals surface area contributed by atoms with Crippen LogP contribution in [0.25, 0.3) is 0 Å². The Kier molecular flexibility index (Phi) is 10.1. The normalized spacial score (nSPS) is 11.6. The summed E-state index contributed by atoms with van der Waals surface area (Å²) in [5.74, 6) is -0.731. The van der Waals surface area contributed by atoms with Crippen molar-refractivity contribution in [2.45, 2.75) is 52.4 Å². The average Bonchev–Trinajstić information content (AvgIpc) is 2.60. The largest absolute Gasteiger partial charge is 0.466 e. The van der Waals surface area contributed by atoms with Gasteiger partial charge in [0.2, 0.25) is 5.91 Å². The molecule has 0 radical (unpaired) electrons. The number of amides is 1. The van der Waals surface area contributed by atoms with Crippen LogP contribution in [-0.2, 0) is 25.5 Å². The van der Waals surface area contributed by atoms with Gasteiger partial charge in [-0.1, -0.05) is 18.6 Å². The smallest absolute Gasteiger partial charge is 0.309 e. The number of esters is 1. The van der Waals surface area contributed by atoms with Gasteiger partial charge in [-0.3, -0.25) is 14.4 Å². The molecule has 1 aromatic rings. The van der Waals surface area contributed by atoms with Crippen LogP contribution in [0.1, 0.15) is 51.5 Å². The first-order valence-corrected chi connectivity index (χ1v) is 9.19. The molecule has 6 nitrogen and oxygen atoms in total. The van der Waals surface area contributed by atoms with Crippen LogP contribution in [0.3, 0.4) is 0 Å². The van der Waals surface area contributed by atoms with Gasteiger partial charge in [0.25, 0.3) is 0 Å². The van der Waals surface area contributed by atoms with E-state index in [-0.39, 0.29) is 24.1 Å². The van der Waals surface area contributed by atoms with Crippen molar-refractivity contribution in [2.24, 2.45) is 5.92 Å². The van der Waals surface area contributed by atoms with Crippen LogP contribution in [0.2, 0.25) is 0 Å². The van der Waals surface area contributed by atoms with E-state index in [0.717, 1.165) is 18.4 Å². The van der Waals surface area contributed by atoms with Gasteiger partial charge in [0, 0.05) is 32.0 Å². The van der Waals surface area contributed by atoms with Crippen molar-refractivity contribution in [3.05, 3.63) is 29.8 Å². The molecule has 0 spiro atoms. The Balaban J connectivity index is 2.44. The average molecular weight is 362 g/mol. The van der Waals surface area contributed by atoms with Gasteiger partial charge in [0.15, 0.2) is 0 Å². The summed E-state index contributed by atoms with van der Waals surface area (Å²) in [7, 11) is 0. The minimum absolute atomic E-state index is 0.0572. The quantitative estimate of drug-likeness (QED) is 0.338. The molecule has 0 bridgehead atoms. The fourth-order valence-electron chi connectivity index (χ4n) is 2.69. The predicted molar refractivity (Wildman–Crippen MR) is 101 cm³/mol. The third-order valence-electron chi connectivity index (χ3n) is 4.12. The monoisotopic (exact) mass is 362 g/mol. The number of carbonyl (C=O) groups is 3. The zero-order valence-corrected chi connectivity index (χ0v) is 15.8. The van der Waals surface area contributed by atoms with E-state index < -0.39 is 5.92 Å². The number of nitrogens with two attached hydrogens (primary N) is 1. The molecule has 6 heteroatoms. The predicted octanol–water partition coefficient (Wildman–Crippen LogP) is 2.65. The maximum atomic E-state index is 12.3. The molecule has 0 fully saturated rings. The van der Waals surface area contributed by atoms with E-state index in [1.807, 2.05) is 24.3 Å². The summed E-state index contributed by atoms with van der Waals surface area (Å²) in [5.41, 5.74) is 7.40. The van der Waals surface area contributed by atoms with Crippen LogP contribution >= 0.6 is 0 Å². The number of hydrogen-bond acceptors (Lipinski definition) is 5. The van der Waals surface area contributed by atoms with E-state index in [1.54, 1.807) is 6.92 Å². The number of nitrogen functional groups attached to an aromatic ring is 1. The maximum absolute atomic E-state index is 12.3. The number of Topliss-reactive ketones (excluding diaryl/α,β-unsaturated/α-hetero) is 1. The zero-order chi connectivity index (χ0) is 19.4. The van der Waals surface area contributed by atoms with Crippen molar-refractivity contribution >= 4 is 23.3 Å². The second-order valence-electron chi connectivity index (χ2n) is 6.41. The molecule has 1 aromatic carbocycles. The highest BCUT2D eigenvalue weighted by molar-refractivity contribution is 5.84. The number of rotatable bonds is 12. The number of anilines is 1. The third-order valence-corrected chi connectivity index (χ3v) is 4.12. The van der Waals surface area contributed by atoms with Gasteiger partial charge in [-0.15, -0.1) is 0 Å². The molecule has 0 aromatic heterocycles. The lowest BCUT2D eigenvalue weighted by molar-refractivity contribution is -0.150. The molecule has 0 heterocycles. The molecule has 0 saturated heterocycles. The topological polar surface area (TPSA) is 98.5 Å². The van der Waals surface area contributed by atoms with Crippen molar-refractivity contribution in [2.75, 3.05) is 18.9 Å².